The number of aromatic amines is 1. The molecule has 0 saturated carbocycles. The van der Waals surface area contributed by atoms with Crippen LogP contribution in [0, 0.1) is 23.7 Å². The first-order valence-electron chi connectivity index (χ1n) is 24.3. The molecule has 2 aromatic carbocycles. The van der Waals surface area contributed by atoms with Crippen molar-refractivity contribution in [3.63, 3.8) is 0 Å². The second-order valence-corrected chi connectivity index (χ2v) is 20.7. The Labute approximate surface area is 415 Å². The fourth-order valence-corrected chi connectivity index (χ4v) is 8.97. The number of nitrogens with one attached hydrogen (secondary N) is 7. The van der Waals surface area contributed by atoms with Crippen molar-refractivity contribution in [3.05, 3.63) is 71.9 Å². The van der Waals surface area contributed by atoms with Crippen LogP contribution < -0.4 is 37.6 Å². The Morgan fingerprint density at radius 2 is 1.23 bits per heavy atom. The summed E-state index contributed by atoms with van der Waals surface area (Å²) in [6, 6.07) is 7.80. The molecule has 4 rings (SSSR count). The number of nitrogens with two attached hydrogens (primary N) is 1. The quantitative estimate of drug-likeness (QED) is 0.0564. The summed E-state index contributed by atoms with van der Waals surface area (Å²) in [6.45, 7) is 14.3. The number of benzene rings is 2. The highest BCUT2D eigenvalue weighted by molar-refractivity contribution is 7.98. The Kier molecular flexibility index (Phi) is 21.7. The van der Waals surface area contributed by atoms with Crippen LogP contribution in [0.5, 0.6) is 0 Å². The van der Waals surface area contributed by atoms with Crippen LogP contribution in [-0.2, 0) is 51.2 Å². The molecule has 0 spiro atoms. The van der Waals surface area contributed by atoms with E-state index in [-0.39, 0.29) is 38.1 Å². The average Bonchev–Trinajstić information content (AvgIpc) is 3.97. The number of carbonyl (C=O) groups is 8. The standard InChI is InChI=1S/C51H75N9O9S/c1-28(2)24-39(51(68)69)56-45(62)37(25-32-16-11-10-12-17-32)55-48(65)41(29(3)4)58-49(66)42(30(5)6)57-47(64)40-20-15-22-60(40)50(67)43(31(7)8)59-46(63)38(54-44(61)35(52)21-23-70-9)26-33-27-53-36-19-14-13-18-34(33)36/h10-14,16-19,27-31,35,37-43,53H,15,20-26,52H2,1-9H3,(H,54,61)(H,55,65)(H,56,62)(H,57,64)(H,58,66)(H,59,63)(H,68,69)/t35-,37-,38-,39-,40-,41-,42-,43-/m0/s1. The third-order valence-electron chi connectivity index (χ3n) is 12.5. The second kappa shape index (κ2) is 26.9. The largest absolute Gasteiger partial charge is 0.480 e. The van der Waals surface area contributed by atoms with Crippen molar-refractivity contribution in [1.29, 1.82) is 0 Å². The smallest absolute Gasteiger partial charge is 0.326 e. The lowest BCUT2D eigenvalue weighted by Gasteiger charge is -2.33. The van der Waals surface area contributed by atoms with Gasteiger partial charge in [0.2, 0.25) is 41.4 Å². The minimum atomic E-state index is -1.20. The number of likely N-dealkylation sites (tertiary alicyclic amines) is 1. The number of aliphatic carboxylic acids is 1. The van der Waals surface area contributed by atoms with E-state index >= 15 is 0 Å². The maximum absolute atomic E-state index is 14.5. The number of thioether (sulfide) groups is 1. The van der Waals surface area contributed by atoms with Crippen LogP contribution in [0.2, 0.25) is 0 Å². The van der Waals surface area contributed by atoms with E-state index in [1.807, 2.05) is 44.4 Å². The molecule has 1 aromatic heterocycles. The van der Waals surface area contributed by atoms with Crippen LogP contribution in [0.3, 0.4) is 0 Å². The van der Waals surface area contributed by atoms with Crippen LogP contribution in [-0.4, -0.2) is 129 Å². The molecule has 1 saturated heterocycles. The van der Waals surface area contributed by atoms with Gasteiger partial charge in [0.1, 0.15) is 42.3 Å². The van der Waals surface area contributed by atoms with Crippen LogP contribution in [0.4, 0.5) is 0 Å². The number of hydrogen-bond donors (Lipinski definition) is 9. The van der Waals surface area contributed by atoms with Gasteiger partial charge in [0, 0.05) is 36.5 Å². The number of hydrogen-bond acceptors (Lipinski definition) is 10. The van der Waals surface area contributed by atoms with E-state index < -0.39 is 113 Å². The normalized spacial score (nSPS) is 16.8. The summed E-state index contributed by atoms with van der Waals surface area (Å²) in [5.41, 5.74) is 8.56. The molecule has 19 heteroatoms. The number of carboxylic acid groups (broad SMARTS) is 1. The Morgan fingerprint density at radius 1 is 0.686 bits per heavy atom. The highest BCUT2D eigenvalue weighted by Gasteiger charge is 2.42. The molecular weight excluding hydrogens is 915 g/mol. The van der Waals surface area contributed by atoms with Gasteiger partial charge in [-0.1, -0.05) is 104 Å². The number of carbonyl (C=O) groups excluding carboxylic acids is 7. The van der Waals surface area contributed by atoms with Crippen molar-refractivity contribution in [1.82, 2.24) is 41.8 Å². The molecule has 0 unspecified atom stereocenters. The third-order valence-corrected chi connectivity index (χ3v) is 13.1. The monoisotopic (exact) mass is 990 g/mol. The van der Waals surface area contributed by atoms with Gasteiger partial charge in [-0.3, -0.25) is 33.6 Å². The van der Waals surface area contributed by atoms with Gasteiger partial charge in [-0.25, -0.2) is 4.79 Å². The molecule has 0 aliphatic carbocycles. The van der Waals surface area contributed by atoms with Crippen LogP contribution in [0.25, 0.3) is 10.9 Å². The first-order valence-corrected chi connectivity index (χ1v) is 25.7. The first kappa shape index (κ1) is 56.6. The number of rotatable bonds is 26. The maximum atomic E-state index is 14.5. The van der Waals surface area contributed by atoms with Crippen LogP contribution in [0.15, 0.2) is 60.8 Å². The van der Waals surface area contributed by atoms with Gasteiger partial charge in [0.15, 0.2) is 0 Å². The molecule has 18 nitrogen and oxygen atoms in total. The van der Waals surface area contributed by atoms with Crippen molar-refractivity contribution in [2.75, 3.05) is 18.6 Å². The summed E-state index contributed by atoms with van der Waals surface area (Å²) >= 11 is 1.55. The molecule has 384 valence electrons. The molecule has 2 heterocycles. The van der Waals surface area contributed by atoms with Gasteiger partial charge in [-0.05, 0) is 78.6 Å². The van der Waals surface area contributed by atoms with Gasteiger partial charge in [0.05, 0.1) is 6.04 Å². The van der Waals surface area contributed by atoms with Gasteiger partial charge in [-0.2, -0.15) is 11.8 Å². The molecule has 3 aromatic rings. The Balaban J connectivity index is 1.50. The third kappa shape index (κ3) is 16.0. The van der Waals surface area contributed by atoms with E-state index in [0.29, 0.717) is 24.2 Å². The van der Waals surface area contributed by atoms with Gasteiger partial charge in [-0.15, -0.1) is 0 Å². The van der Waals surface area contributed by atoms with Gasteiger partial charge in [0.25, 0.3) is 0 Å². The maximum Gasteiger partial charge on any atom is 0.326 e. The van der Waals surface area contributed by atoms with E-state index in [9.17, 15) is 43.5 Å². The lowest BCUT2D eigenvalue weighted by Crippen LogP contribution is -2.62. The molecule has 0 bridgehead atoms. The summed E-state index contributed by atoms with van der Waals surface area (Å²) in [4.78, 5) is 115. The van der Waals surface area contributed by atoms with E-state index in [4.69, 9.17) is 5.73 Å². The van der Waals surface area contributed by atoms with Gasteiger partial charge < -0.3 is 52.6 Å². The van der Waals surface area contributed by atoms with Crippen molar-refractivity contribution >= 4 is 70.0 Å². The lowest BCUT2D eigenvalue weighted by molar-refractivity contribution is -0.143. The predicted octanol–water partition coefficient (Wildman–Crippen LogP) is 3.03. The molecule has 7 amide bonds. The molecule has 1 fully saturated rings. The van der Waals surface area contributed by atoms with E-state index in [2.05, 4.69) is 36.9 Å². The molecule has 10 N–H and O–H groups in total. The summed E-state index contributed by atoms with van der Waals surface area (Å²) in [7, 11) is 0. The summed E-state index contributed by atoms with van der Waals surface area (Å²) in [5.74, 6) is -6.20. The van der Waals surface area contributed by atoms with Crippen LogP contribution in [0.1, 0.15) is 92.2 Å². The van der Waals surface area contributed by atoms with E-state index in [1.165, 1.54) is 4.90 Å². The zero-order valence-corrected chi connectivity index (χ0v) is 42.8. The number of fused-ring (bicyclic) bond motifs is 1. The minimum absolute atomic E-state index is 0.0393. The predicted molar refractivity (Wildman–Crippen MR) is 271 cm³/mol. The fraction of sp³-hybridized carbons (Fsp3) is 0.569. The van der Waals surface area contributed by atoms with Gasteiger partial charge >= 0.3 is 5.97 Å². The zero-order chi connectivity index (χ0) is 51.8. The number of carboxylic acids is 1. The number of aromatic nitrogens is 1. The number of nitrogens with zero attached hydrogens (tertiary/aromatic N) is 1. The average molecular weight is 990 g/mol. The van der Waals surface area contributed by atoms with Crippen molar-refractivity contribution in [2.24, 2.45) is 29.4 Å². The summed E-state index contributed by atoms with van der Waals surface area (Å²) in [5, 5.41) is 27.4. The first-order chi connectivity index (χ1) is 33.1. The van der Waals surface area contributed by atoms with Crippen molar-refractivity contribution < 1.29 is 43.5 Å². The van der Waals surface area contributed by atoms with E-state index in [1.54, 1.807) is 89.8 Å². The SMILES string of the molecule is CSCC[C@H](N)C(=O)N[C@@H](Cc1c[nH]c2ccccc12)C(=O)N[C@H](C(=O)N1CCC[C@H]1C(=O)N[C@H](C(=O)N[C@H](C(=O)N[C@@H](Cc1ccccc1)C(=O)N[C@@H](CC(C)C)C(=O)O)C(C)C)C(C)C)C(C)C. The highest BCUT2D eigenvalue weighted by atomic mass is 32.2. The summed E-state index contributed by atoms with van der Waals surface area (Å²) < 4.78 is 0. The lowest BCUT2D eigenvalue weighted by atomic mass is 9.98. The Morgan fingerprint density at radius 3 is 1.84 bits per heavy atom. The Bertz CT molecular complexity index is 2270. The van der Waals surface area contributed by atoms with Crippen molar-refractivity contribution in [2.45, 2.75) is 142 Å². The minimum Gasteiger partial charge on any atom is -0.480 e. The molecule has 8 atom stereocenters. The molecular formula is C51H75N9O9S. The number of amides is 7. The molecule has 1 aliphatic heterocycles. The second-order valence-electron chi connectivity index (χ2n) is 19.7. The number of H-pyrrole nitrogens is 1. The fourth-order valence-electron chi connectivity index (χ4n) is 8.48. The van der Waals surface area contributed by atoms with Crippen LogP contribution >= 0.6 is 11.8 Å². The van der Waals surface area contributed by atoms with Crippen molar-refractivity contribution in [3.8, 4) is 0 Å². The zero-order valence-electron chi connectivity index (χ0n) is 42.0. The molecule has 70 heavy (non-hydrogen) atoms. The highest BCUT2D eigenvalue weighted by Crippen LogP contribution is 2.23. The summed E-state index contributed by atoms with van der Waals surface area (Å²) in [6.07, 6.45) is 5.19. The van der Waals surface area contributed by atoms with E-state index in [0.717, 1.165) is 16.5 Å². The molecule has 1 aliphatic rings. The molecule has 0 radical (unpaired) electrons. The Hall–Kier alpha value is -5.95. The topological polar surface area (TPSA) is 274 Å². The number of para-hydroxylation sites is 1.